The fraction of sp³-hybridized carbons (Fsp3) is 0.190. The van der Waals surface area contributed by atoms with Gasteiger partial charge in [0.1, 0.15) is 11.6 Å². The number of ether oxygens (including phenoxy) is 1. The number of benzene rings is 2. The predicted octanol–water partition coefficient (Wildman–Crippen LogP) is 3.77. The van der Waals surface area contributed by atoms with E-state index in [2.05, 4.69) is 0 Å². The van der Waals surface area contributed by atoms with Gasteiger partial charge in [-0.3, -0.25) is 14.5 Å². The van der Waals surface area contributed by atoms with Crippen LogP contribution in [0.5, 0.6) is 5.75 Å². The fourth-order valence-corrected chi connectivity index (χ4v) is 3.70. The van der Waals surface area contributed by atoms with Gasteiger partial charge in [-0.15, -0.1) is 0 Å². The quantitative estimate of drug-likeness (QED) is 0.462. The Labute approximate surface area is 155 Å². The summed E-state index contributed by atoms with van der Waals surface area (Å²) in [6.45, 7) is 5.59. The highest BCUT2D eigenvalue weighted by atomic mass is 19.1. The largest absolute Gasteiger partial charge is 0.423 e. The average molecular weight is 365 g/mol. The third kappa shape index (κ3) is 2.56. The van der Waals surface area contributed by atoms with E-state index in [4.69, 9.17) is 4.74 Å². The second-order valence-electron chi connectivity index (χ2n) is 7.22. The van der Waals surface area contributed by atoms with Gasteiger partial charge in [-0.1, -0.05) is 12.1 Å². The van der Waals surface area contributed by atoms with Gasteiger partial charge in [0.15, 0.2) is 0 Å². The van der Waals surface area contributed by atoms with Crippen molar-refractivity contribution in [3.05, 3.63) is 65.0 Å². The minimum absolute atomic E-state index is 0.0570. The van der Waals surface area contributed by atoms with E-state index in [0.717, 1.165) is 11.6 Å². The highest BCUT2D eigenvalue weighted by Crippen LogP contribution is 2.46. The van der Waals surface area contributed by atoms with Crippen LogP contribution < -0.4 is 9.64 Å². The zero-order chi connectivity index (χ0) is 19.5. The summed E-state index contributed by atoms with van der Waals surface area (Å²) >= 11 is 0. The first-order chi connectivity index (χ1) is 12.7. The summed E-state index contributed by atoms with van der Waals surface area (Å²) in [5, 5.41) is 0. The molecule has 2 heterocycles. The van der Waals surface area contributed by atoms with Crippen LogP contribution in [0.15, 0.2) is 42.5 Å². The molecule has 0 aliphatic carbocycles. The number of anilines is 1. The predicted molar refractivity (Wildman–Crippen MR) is 97.3 cm³/mol. The summed E-state index contributed by atoms with van der Waals surface area (Å²) in [6.07, 6.45) is 1.90. The molecule has 2 aliphatic rings. The van der Waals surface area contributed by atoms with E-state index < -0.39 is 29.0 Å². The molecule has 27 heavy (non-hydrogen) atoms. The van der Waals surface area contributed by atoms with Crippen LogP contribution in [0.2, 0.25) is 0 Å². The standard InChI is InChI=1S/C21H16FNO4/c1-11-10-21(2,3)23-17-15(11)8-14(9-16(17)18(24)19(23)25)27-20(26)12-5-4-6-13(22)7-12/h4-10H,1-3H3. The number of Topliss-reactive ketones (excluding diaryl/α,β-unsaturated/α-hetero) is 1. The summed E-state index contributed by atoms with van der Waals surface area (Å²) in [6, 6.07) is 8.16. The Morgan fingerprint density at radius 2 is 1.81 bits per heavy atom. The second-order valence-corrected chi connectivity index (χ2v) is 7.22. The Morgan fingerprint density at radius 1 is 1.11 bits per heavy atom. The zero-order valence-corrected chi connectivity index (χ0v) is 15.0. The Kier molecular flexibility index (Phi) is 3.56. The summed E-state index contributed by atoms with van der Waals surface area (Å²) in [7, 11) is 0. The molecule has 0 radical (unpaired) electrons. The second kappa shape index (κ2) is 5.61. The number of esters is 1. The maximum Gasteiger partial charge on any atom is 0.343 e. The Balaban J connectivity index is 1.79. The third-order valence-electron chi connectivity index (χ3n) is 4.79. The molecule has 0 bridgehead atoms. The minimum Gasteiger partial charge on any atom is -0.423 e. The molecule has 2 aliphatic heterocycles. The molecule has 0 unspecified atom stereocenters. The molecule has 2 aromatic carbocycles. The van der Waals surface area contributed by atoms with Crippen molar-refractivity contribution in [2.24, 2.45) is 0 Å². The number of hydrogen-bond donors (Lipinski definition) is 0. The summed E-state index contributed by atoms with van der Waals surface area (Å²) in [5.74, 6) is -2.40. The fourth-order valence-electron chi connectivity index (χ4n) is 3.70. The maximum atomic E-state index is 13.3. The number of nitrogens with zero attached hydrogens (tertiary/aromatic N) is 1. The topological polar surface area (TPSA) is 63.7 Å². The number of carbonyl (C=O) groups excluding carboxylic acids is 3. The van der Waals surface area contributed by atoms with Crippen LogP contribution in [-0.2, 0) is 4.79 Å². The van der Waals surface area contributed by atoms with Gasteiger partial charge in [0.25, 0.3) is 11.7 Å². The molecule has 0 N–H and O–H groups in total. The highest BCUT2D eigenvalue weighted by molar-refractivity contribution is 6.53. The van der Waals surface area contributed by atoms with Crippen molar-refractivity contribution in [1.29, 1.82) is 0 Å². The summed E-state index contributed by atoms with van der Waals surface area (Å²) < 4.78 is 18.7. The third-order valence-corrected chi connectivity index (χ3v) is 4.79. The van der Waals surface area contributed by atoms with Gasteiger partial charge >= 0.3 is 5.97 Å². The number of halogens is 1. The van der Waals surface area contributed by atoms with Crippen molar-refractivity contribution in [2.75, 3.05) is 4.90 Å². The molecule has 4 rings (SSSR count). The van der Waals surface area contributed by atoms with Gasteiger partial charge in [0.05, 0.1) is 22.4 Å². The molecule has 0 saturated heterocycles. The summed E-state index contributed by atoms with van der Waals surface area (Å²) in [5.41, 5.74) is 1.71. The zero-order valence-electron chi connectivity index (χ0n) is 15.0. The van der Waals surface area contributed by atoms with Crippen LogP contribution in [-0.4, -0.2) is 23.2 Å². The molecule has 0 spiro atoms. The van der Waals surface area contributed by atoms with Gasteiger partial charge in [0.2, 0.25) is 0 Å². The smallest absolute Gasteiger partial charge is 0.343 e. The van der Waals surface area contributed by atoms with Crippen molar-refractivity contribution in [3.63, 3.8) is 0 Å². The molecular weight excluding hydrogens is 349 g/mol. The minimum atomic E-state index is -0.743. The van der Waals surface area contributed by atoms with E-state index in [1.54, 1.807) is 6.07 Å². The molecule has 0 atom stereocenters. The first-order valence-electron chi connectivity index (χ1n) is 8.43. The Hall–Kier alpha value is -3.28. The van der Waals surface area contributed by atoms with Crippen molar-refractivity contribution in [2.45, 2.75) is 26.3 Å². The van der Waals surface area contributed by atoms with E-state index in [0.29, 0.717) is 11.3 Å². The van der Waals surface area contributed by atoms with Crippen LogP contribution in [0.3, 0.4) is 0 Å². The molecule has 6 heteroatoms. The molecule has 5 nitrogen and oxygen atoms in total. The lowest BCUT2D eigenvalue weighted by Gasteiger charge is -2.38. The molecular formula is C21H16FNO4. The van der Waals surface area contributed by atoms with E-state index >= 15 is 0 Å². The molecule has 136 valence electrons. The van der Waals surface area contributed by atoms with Gasteiger partial charge in [0, 0.05) is 5.56 Å². The molecule has 1 amide bonds. The average Bonchev–Trinajstić information content (AvgIpc) is 2.85. The van der Waals surface area contributed by atoms with Crippen LogP contribution >= 0.6 is 0 Å². The first kappa shape index (κ1) is 17.1. The lowest BCUT2D eigenvalue weighted by Crippen LogP contribution is -2.47. The van der Waals surface area contributed by atoms with E-state index in [9.17, 15) is 18.8 Å². The van der Waals surface area contributed by atoms with Gasteiger partial charge in [-0.25, -0.2) is 9.18 Å². The van der Waals surface area contributed by atoms with E-state index in [-0.39, 0.29) is 16.9 Å². The highest BCUT2D eigenvalue weighted by Gasteiger charge is 2.47. The lowest BCUT2D eigenvalue weighted by molar-refractivity contribution is -0.115. The number of hydrogen-bond acceptors (Lipinski definition) is 4. The summed E-state index contributed by atoms with van der Waals surface area (Å²) in [4.78, 5) is 38.8. The van der Waals surface area contributed by atoms with Crippen LogP contribution in [0.4, 0.5) is 10.1 Å². The number of ketones is 1. The van der Waals surface area contributed by atoms with Crippen molar-refractivity contribution in [1.82, 2.24) is 0 Å². The number of carbonyl (C=O) groups is 3. The van der Waals surface area contributed by atoms with Crippen molar-refractivity contribution >= 4 is 28.9 Å². The first-order valence-corrected chi connectivity index (χ1v) is 8.43. The monoisotopic (exact) mass is 365 g/mol. The molecule has 2 aromatic rings. The lowest BCUT2D eigenvalue weighted by atomic mass is 9.89. The van der Waals surface area contributed by atoms with Crippen molar-refractivity contribution in [3.8, 4) is 5.75 Å². The van der Waals surface area contributed by atoms with Gasteiger partial charge in [-0.2, -0.15) is 0 Å². The molecule has 0 saturated carbocycles. The van der Waals surface area contributed by atoms with Crippen LogP contribution in [0.1, 0.15) is 47.1 Å². The Morgan fingerprint density at radius 3 is 2.52 bits per heavy atom. The number of allylic oxidation sites excluding steroid dienone is 1. The van der Waals surface area contributed by atoms with Crippen molar-refractivity contribution < 1.29 is 23.5 Å². The van der Waals surface area contributed by atoms with Gasteiger partial charge < -0.3 is 4.74 Å². The Bertz CT molecular complexity index is 1070. The normalized spacial score (nSPS) is 16.9. The number of amides is 1. The SMILES string of the molecule is CC1=CC(C)(C)N2C(=O)C(=O)c3cc(OC(=O)c4cccc(F)c4)cc1c32. The van der Waals surface area contributed by atoms with Crippen LogP contribution in [0.25, 0.3) is 5.57 Å². The number of rotatable bonds is 2. The van der Waals surface area contributed by atoms with Crippen LogP contribution in [0, 0.1) is 5.82 Å². The van der Waals surface area contributed by atoms with E-state index in [1.165, 1.54) is 29.2 Å². The maximum absolute atomic E-state index is 13.3. The molecule has 0 fully saturated rings. The van der Waals surface area contributed by atoms with Gasteiger partial charge in [-0.05, 0) is 56.7 Å². The van der Waals surface area contributed by atoms with E-state index in [1.807, 2.05) is 26.8 Å². The molecule has 0 aromatic heterocycles.